The van der Waals surface area contributed by atoms with Gasteiger partial charge in [0.2, 0.25) is 0 Å². The summed E-state index contributed by atoms with van der Waals surface area (Å²) in [5, 5.41) is 10.8. The van der Waals surface area contributed by atoms with Gasteiger partial charge in [0.1, 0.15) is 11.3 Å². The Morgan fingerprint density at radius 2 is 1.79 bits per heavy atom. The van der Waals surface area contributed by atoms with Gasteiger partial charge >= 0.3 is 12.0 Å². The number of aliphatic carboxylic acids is 1. The fraction of sp³-hybridized carbons (Fsp3) is 0.0526. The number of urea groups is 1. The zero-order valence-electron chi connectivity index (χ0n) is 14.5. The van der Waals surface area contributed by atoms with Gasteiger partial charge in [0.15, 0.2) is 6.61 Å². The number of anilines is 1. The van der Waals surface area contributed by atoms with E-state index in [1.165, 1.54) is 12.1 Å². The first-order valence-electron chi connectivity index (χ1n) is 8.07. The van der Waals surface area contributed by atoms with Gasteiger partial charge in [-0.15, -0.1) is 0 Å². The molecule has 1 saturated heterocycles. The third-order valence-corrected chi connectivity index (χ3v) is 4.95. The smallest absolute Gasteiger partial charge is 0.341 e. The second-order valence-electron chi connectivity index (χ2n) is 5.81. The minimum absolute atomic E-state index is 0.223. The number of rotatable bonds is 5. The molecule has 0 aliphatic carbocycles. The van der Waals surface area contributed by atoms with E-state index in [0.29, 0.717) is 21.5 Å². The van der Waals surface area contributed by atoms with Crippen LogP contribution in [0.1, 0.15) is 5.56 Å². The molecule has 2 aromatic rings. The Morgan fingerprint density at radius 1 is 1.10 bits per heavy atom. The summed E-state index contributed by atoms with van der Waals surface area (Å²) in [5.41, 5.74) is 0.564. The van der Waals surface area contributed by atoms with Gasteiger partial charge in [-0.1, -0.05) is 22.0 Å². The highest BCUT2D eigenvalue weighted by Gasteiger charge is 2.36. The topological polar surface area (TPSA) is 113 Å². The highest BCUT2D eigenvalue weighted by molar-refractivity contribution is 9.10. The van der Waals surface area contributed by atoms with Crippen molar-refractivity contribution in [1.82, 2.24) is 5.32 Å². The quantitative estimate of drug-likeness (QED) is 0.459. The number of hydrogen-bond acceptors (Lipinski definition) is 5. The van der Waals surface area contributed by atoms with Crippen LogP contribution in [0.25, 0.3) is 6.08 Å². The van der Waals surface area contributed by atoms with Gasteiger partial charge in [-0.05, 0) is 64.0 Å². The lowest BCUT2D eigenvalue weighted by Gasteiger charge is -2.26. The van der Waals surface area contributed by atoms with E-state index in [2.05, 4.69) is 37.2 Å². The van der Waals surface area contributed by atoms with Gasteiger partial charge in [-0.3, -0.25) is 14.9 Å². The monoisotopic (exact) mass is 522 g/mol. The molecule has 0 spiro atoms. The largest absolute Gasteiger partial charge is 0.481 e. The Morgan fingerprint density at radius 3 is 2.41 bits per heavy atom. The van der Waals surface area contributed by atoms with Gasteiger partial charge in [0.25, 0.3) is 11.8 Å². The molecule has 1 aliphatic rings. The van der Waals surface area contributed by atoms with E-state index in [9.17, 15) is 19.2 Å². The average molecular weight is 524 g/mol. The summed E-state index contributed by atoms with van der Waals surface area (Å²) in [6.45, 7) is -0.510. The maximum absolute atomic E-state index is 12.8. The van der Waals surface area contributed by atoms with E-state index >= 15 is 0 Å². The molecule has 1 fully saturated rings. The summed E-state index contributed by atoms with van der Waals surface area (Å²) >= 11 is 6.54. The average Bonchev–Trinajstić information content (AvgIpc) is 2.65. The molecular formula is C19H12Br2N2O6. The summed E-state index contributed by atoms with van der Waals surface area (Å²) in [6.07, 6.45) is 1.34. The fourth-order valence-corrected chi connectivity index (χ4v) is 3.29. The Kier molecular flexibility index (Phi) is 6.14. The molecule has 8 nitrogen and oxygen atoms in total. The van der Waals surface area contributed by atoms with E-state index in [-0.39, 0.29) is 5.57 Å². The first kappa shape index (κ1) is 20.7. The number of carboxylic acids is 1. The number of hydrogen-bond donors (Lipinski definition) is 2. The molecule has 10 heteroatoms. The third-order valence-electron chi connectivity index (χ3n) is 3.80. The predicted octanol–water partition coefficient (Wildman–Crippen LogP) is 3.34. The Hall–Kier alpha value is -2.98. The van der Waals surface area contributed by atoms with Crippen LogP contribution in [0, 0.1) is 0 Å². The van der Waals surface area contributed by atoms with E-state index < -0.39 is 30.4 Å². The number of ether oxygens (including phenoxy) is 1. The first-order valence-corrected chi connectivity index (χ1v) is 9.66. The zero-order valence-corrected chi connectivity index (χ0v) is 17.7. The minimum Gasteiger partial charge on any atom is -0.481 e. The van der Waals surface area contributed by atoms with Crippen molar-refractivity contribution < 1.29 is 29.0 Å². The normalized spacial score (nSPS) is 15.4. The Labute approximate surface area is 181 Å². The van der Waals surface area contributed by atoms with E-state index in [1.54, 1.807) is 36.4 Å². The number of carbonyl (C=O) groups excluding carboxylic acids is 3. The van der Waals surface area contributed by atoms with Gasteiger partial charge < -0.3 is 9.84 Å². The summed E-state index contributed by atoms with van der Waals surface area (Å²) in [4.78, 5) is 48.7. The maximum Gasteiger partial charge on any atom is 0.341 e. The summed E-state index contributed by atoms with van der Waals surface area (Å²) in [5.74, 6) is -2.40. The van der Waals surface area contributed by atoms with Crippen molar-refractivity contribution in [2.24, 2.45) is 0 Å². The number of nitrogens with one attached hydrogen (secondary N) is 1. The number of barbiturate groups is 1. The van der Waals surface area contributed by atoms with E-state index in [4.69, 9.17) is 9.84 Å². The molecule has 148 valence electrons. The highest BCUT2D eigenvalue weighted by Crippen LogP contribution is 2.28. The van der Waals surface area contributed by atoms with Gasteiger partial charge in [-0.2, -0.15) is 0 Å². The van der Waals surface area contributed by atoms with E-state index in [0.717, 1.165) is 9.37 Å². The van der Waals surface area contributed by atoms with Crippen LogP contribution in [-0.2, 0) is 14.4 Å². The molecule has 0 radical (unpaired) electrons. The minimum atomic E-state index is -1.12. The SMILES string of the molecule is O=C(O)COc1ccc(/C=C2/C(=O)NC(=O)N(c3ccc(Br)cc3)C2=O)cc1Br. The number of benzene rings is 2. The van der Waals surface area contributed by atoms with Gasteiger partial charge in [0.05, 0.1) is 10.2 Å². The number of amides is 4. The Bertz CT molecular complexity index is 1050. The van der Waals surface area contributed by atoms with Crippen molar-refractivity contribution >= 4 is 67.4 Å². The highest BCUT2D eigenvalue weighted by atomic mass is 79.9. The number of imide groups is 2. The number of halogens is 2. The second kappa shape index (κ2) is 8.58. The lowest BCUT2D eigenvalue weighted by Crippen LogP contribution is -2.54. The number of carbonyl (C=O) groups is 4. The van der Waals surface area contributed by atoms with Crippen LogP contribution in [0.4, 0.5) is 10.5 Å². The summed E-state index contributed by atoms with van der Waals surface area (Å²) in [7, 11) is 0. The molecule has 1 aliphatic heterocycles. The van der Waals surface area contributed by atoms with Crippen LogP contribution in [0.15, 0.2) is 57.0 Å². The number of nitrogens with zero attached hydrogens (tertiary/aromatic N) is 1. The molecule has 29 heavy (non-hydrogen) atoms. The molecular weight excluding hydrogens is 512 g/mol. The van der Waals surface area contributed by atoms with Crippen LogP contribution in [0.5, 0.6) is 5.75 Å². The summed E-state index contributed by atoms with van der Waals surface area (Å²) in [6, 6.07) is 10.3. The van der Waals surface area contributed by atoms with Crippen molar-refractivity contribution in [2.75, 3.05) is 11.5 Å². The van der Waals surface area contributed by atoms with Crippen LogP contribution in [-0.4, -0.2) is 35.5 Å². The van der Waals surface area contributed by atoms with Crippen molar-refractivity contribution in [1.29, 1.82) is 0 Å². The predicted molar refractivity (Wildman–Crippen MR) is 110 cm³/mol. The van der Waals surface area contributed by atoms with Crippen molar-refractivity contribution in [2.45, 2.75) is 0 Å². The number of carboxylic acid groups (broad SMARTS) is 1. The Balaban J connectivity index is 1.91. The second-order valence-corrected chi connectivity index (χ2v) is 7.58. The molecule has 2 N–H and O–H groups in total. The van der Waals surface area contributed by atoms with Crippen LogP contribution in [0.3, 0.4) is 0 Å². The van der Waals surface area contributed by atoms with E-state index in [1.807, 2.05) is 0 Å². The molecule has 0 saturated carbocycles. The first-order chi connectivity index (χ1) is 13.8. The van der Waals surface area contributed by atoms with Crippen molar-refractivity contribution in [3.05, 3.63) is 62.5 Å². The van der Waals surface area contributed by atoms with Gasteiger partial charge in [0, 0.05) is 4.47 Å². The van der Waals surface area contributed by atoms with Crippen LogP contribution in [0.2, 0.25) is 0 Å². The van der Waals surface area contributed by atoms with Crippen molar-refractivity contribution in [3.63, 3.8) is 0 Å². The zero-order chi connectivity index (χ0) is 21.1. The third kappa shape index (κ3) is 4.72. The maximum atomic E-state index is 12.8. The molecule has 0 unspecified atom stereocenters. The van der Waals surface area contributed by atoms with Crippen LogP contribution >= 0.6 is 31.9 Å². The lowest BCUT2D eigenvalue weighted by molar-refractivity contribution is -0.139. The van der Waals surface area contributed by atoms with Crippen LogP contribution < -0.4 is 15.0 Å². The molecule has 0 atom stereocenters. The lowest BCUT2D eigenvalue weighted by atomic mass is 10.1. The van der Waals surface area contributed by atoms with Gasteiger partial charge in [-0.25, -0.2) is 14.5 Å². The summed E-state index contributed by atoms with van der Waals surface area (Å²) < 4.78 is 6.33. The molecule has 3 rings (SSSR count). The molecule has 0 aromatic heterocycles. The van der Waals surface area contributed by atoms with Crippen molar-refractivity contribution in [3.8, 4) is 5.75 Å². The molecule has 4 amide bonds. The molecule has 2 aromatic carbocycles. The molecule has 0 bridgehead atoms. The molecule has 1 heterocycles. The standard InChI is InChI=1S/C19H12Br2N2O6/c20-11-2-4-12(5-3-11)23-18(27)13(17(26)22-19(23)28)7-10-1-6-15(14(21)8-10)29-9-16(24)25/h1-8H,9H2,(H,24,25)(H,22,26,28)/b13-7-. The fourth-order valence-electron chi connectivity index (χ4n) is 2.51.